The van der Waals surface area contributed by atoms with Crippen LogP contribution in [0.2, 0.25) is 0 Å². The van der Waals surface area contributed by atoms with Gasteiger partial charge in [0.15, 0.2) is 5.82 Å². The molecule has 1 saturated carbocycles. The highest BCUT2D eigenvalue weighted by atomic mass is 15.3. The van der Waals surface area contributed by atoms with Gasteiger partial charge in [-0.05, 0) is 38.7 Å². The molecule has 28 heavy (non-hydrogen) atoms. The molecule has 3 aromatic heterocycles. The summed E-state index contributed by atoms with van der Waals surface area (Å²) in [6.07, 6.45) is 8.28. The van der Waals surface area contributed by atoms with Crippen LogP contribution in [-0.2, 0) is 6.54 Å². The average molecular weight is 379 g/mol. The molecule has 9 heteroatoms. The Morgan fingerprint density at radius 1 is 1.11 bits per heavy atom. The van der Waals surface area contributed by atoms with E-state index in [4.69, 9.17) is 5.73 Å². The van der Waals surface area contributed by atoms with Crippen molar-refractivity contribution in [2.45, 2.75) is 51.1 Å². The zero-order valence-electron chi connectivity index (χ0n) is 16.1. The van der Waals surface area contributed by atoms with Gasteiger partial charge in [0, 0.05) is 49.2 Å². The quantitative estimate of drug-likeness (QED) is 0.722. The summed E-state index contributed by atoms with van der Waals surface area (Å²) in [4.78, 5) is 10.9. The highest BCUT2D eigenvalue weighted by Crippen LogP contribution is 2.40. The van der Waals surface area contributed by atoms with E-state index in [1.165, 1.54) is 12.8 Å². The molecule has 4 heterocycles. The van der Waals surface area contributed by atoms with Crippen LogP contribution < -0.4 is 10.6 Å². The van der Waals surface area contributed by atoms with Crippen molar-refractivity contribution < 1.29 is 0 Å². The Bertz CT molecular complexity index is 930. The number of nitrogens with two attached hydrogens (primary N) is 1. The van der Waals surface area contributed by atoms with Crippen LogP contribution in [0.5, 0.6) is 0 Å². The Morgan fingerprint density at radius 2 is 1.93 bits per heavy atom. The standard InChI is InChI=1S/C19H25N9/c1-13-11-16(23-19(20)22-13)26-9-5-14(6-10-26)18-25-24-17(28(18)15-3-4-15)12-27-8-2-7-21-27/h2,7-8,11,14-15H,3-6,9-10,12H2,1H3,(H2,20,22,23). The number of nitrogen functional groups attached to an aromatic ring is 1. The maximum absolute atomic E-state index is 5.83. The number of aryl methyl sites for hydroxylation is 1. The molecule has 1 saturated heterocycles. The van der Waals surface area contributed by atoms with Crippen LogP contribution in [0, 0.1) is 6.92 Å². The minimum absolute atomic E-state index is 0.342. The second-order valence-electron chi connectivity index (χ2n) is 7.77. The van der Waals surface area contributed by atoms with Crippen molar-refractivity contribution in [3.63, 3.8) is 0 Å². The Hall–Kier alpha value is -2.97. The van der Waals surface area contributed by atoms with E-state index in [9.17, 15) is 0 Å². The van der Waals surface area contributed by atoms with E-state index in [0.29, 0.717) is 24.5 Å². The Morgan fingerprint density at radius 3 is 2.61 bits per heavy atom. The number of anilines is 2. The molecule has 0 aromatic carbocycles. The lowest BCUT2D eigenvalue weighted by Gasteiger charge is -2.32. The van der Waals surface area contributed by atoms with Crippen molar-refractivity contribution in [1.82, 2.24) is 34.5 Å². The molecule has 0 amide bonds. The minimum atomic E-state index is 0.342. The third-order valence-electron chi connectivity index (χ3n) is 5.61. The number of piperidine rings is 1. The molecule has 5 rings (SSSR count). The van der Waals surface area contributed by atoms with Crippen molar-refractivity contribution in [2.75, 3.05) is 23.7 Å². The van der Waals surface area contributed by atoms with Gasteiger partial charge in [-0.3, -0.25) is 4.68 Å². The smallest absolute Gasteiger partial charge is 0.222 e. The third kappa shape index (κ3) is 3.32. The summed E-state index contributed by atoms with van der Waals surface area (Å²) >= 11 is 0. The normalized spacial score (nSPS) is 18.0. The van der Waals surface area contributed by atoms with Crippen LogP contribution >= 0.6 is 0 Å². The summed E-state index contributed by atoms with van der Waals surface area (Å²) in [5.74, 6) is 3.85. The Balaban J connectivity index is 1.33. The van der Waals surface area contributed by atoms with Gasteiger partial charge >= 0.3 is 0 Å². The predicted molar refractivity (Wildman–Crippen MR) is 105 cm³/mol. The Kier molecular flexibility index (Phi) is 4.22. The molecule has 1 aliphatic carbocycles. The van der Waals surface area contributed by atoms with Crippen molar-refractivity contribution in [1.29, 1.82) is 0 Å². The molecule has 2 fully saturated rings. The number of rotatable bonds is 5. The lowest BCUT2D eigenvalue weighted by atomic mass is 9.95. The molecule has 0 spiro atoms. The van der Waals surface area contributed by atoms with E-state index >= 15 is 0 Å². The van der Waals surface area contributed by atoms with Gasteiger partial charge in [-0.25, -0.2) is 4.98 Å². The first-order chi connectivity index (χ1) is 13.7. The first-order valence-electron chi connectivity index (χ1n) is 9.94. The van der Waals surface area contributed by atoms with Gasteiger partial charge in [-0.15, -0.1) is 10.2 Å². The fourth-order valence-corrected chi connectivity index (χ4v) is 4.10. The second kappa shape index (κ2) is 6.88. The number of nitrogens with zero attached hydrogens (tertiary/aromatic N) is 8. The van der Waals surface area contributed by atoms with Crippen LogP contribution in [0.1, 0.15) is 55.0 Å². The van der Waals surface area contributed by atoms with E-state index in [-0.39, 0.29) is 0 Å². The zero-order chi connectivity index (χ0) is 19.1. The summed E-state index contributed by atoms with van der Waals surface area (Å²) in [7, 11) is 0. The van der Waals surface area contributed by atoms with Crippen molar-refractivity contribution in [3.05, 3.63) is 41.9 Å². The lowest BCUT2D eigenvalue weighted by molar-refractivity contribution is 0.458. The van der Waals surface area contributed by atoms with E-state index in [2.05, 4.69) is 34.7 Å². The fraction of sp³-hybridized carbons (Fsp3) is 0.526. The van der Waals surface area contributed by atoms with Crippen molar-refractivity contribution in [3.8, 4) is 0 Å². The average Bonchev–Trinajstić information content (AvgIpc) is 3.22. The summed E-state index contributed by atoms with van der Waals surface area (Å²) < 4.78 is 4.30. The van der Waals surface area contributed by atoms with Crippen molar-refractivity contribution in [2.24, 2.45) is 0 Å². The summed E-state index contributed by atoms with van der Waals surface area (Å²) in [6, 6.07) is 4.50. The number of aromatic nitrogens is 7. The first kappa shape index (κ1) is 17.2. The molecule has 1 aliphatic heterocycles. The summed E-state index contributed by atoms with van der Waals surface area (Å²) in [5, 5.41) is 13.5. The van der Waals surface area contributed by atoms with Crippen LogP contribution in [-0.4, -0.2) is 47.6 Å². The van der Waals surface area contributed by atoms with E-state index < -0.39 is 0 Å². The molecule has 0 atom stereocenters. The van der Waals surface area contributed by atoms with E-state index in [1.54, 1.807) is 6.20 Å². The number of hydrogen-bond acceptors (Lipinski definition) is 7. The van der Waals surface area contributed by atoms with Crippen LogP contribution in [0.4, 0.5) is 11.8 Å². The molecule has 0 bridgehead atoms. The SMILES string of the molecule is Cc1cc(N2CCC(c3nnc(Cn4cccn4)n3C3CC3)CC2)nc(N)n1. The Labute approximate surface area is 163 Å². The fourth-order valence-electron chi connectivity index (χ4n) is 4.10. The van der Waals surface area contributed by atoms with Crippen LogP contribution in [0.25, 0.3) is 0 Å². The molecule has 146 valence electrons. The maximum atomic E-state index is 5.83. The van der Waals surface area contributed by atoms with Gasteiger partial charge in [-0.2, -0.15) is 10.1 Å². The third-order valence-corrected chi connectivity index (χ3v) is 5.61. The molecular weight excluding hydrogens is 354 g/mol. The van der Waals surface area contributed by atoms with Crippen molar-refractivity contribution >= 4 is 11.8 Å². The number of hydrogen-bond donors (Lipinski definition) is 1. The summed E-state index contributed by atoms with van der Waals surface area (Å²) in [6.45, 7) is 4.50. The molecule has 9 nitrogen and oxygen atoms in total. The van der Waals surface area contributed by atoms with Gasteiger partial charge in [0.1, 0.15) is 18.2 Å². The van der Waals surface area contributed by atoms with E-state index in [1.807, 2.05) is 29.9 Å². The maximum Gasteiger partial charge on any atom is 0.222 e. The zero-order valence-corrected chi connectivity index (χ0v) is 16.1. The topological polar surface area (TPSA) is 104 Å². The highest BCUT2D eigenvalue weighted by Gasteiger charge is 2.33. The largest absolute Gasteiger partial charge is 0.368 e. The van der Waals surface area contributed by atoms with Gasteiger partial charge < -0.3 is 15.2 Å². The summed E-state index contributed by atoms with van der Waals surface area (Å²) in [5.41, 5.74) is 6.73. The lowest BCUT2D eigenvalue weighted by Crippen LogP contribution is -2.34. The molecule has 0 unspecified atom stereocenters. The van der Waals surface area contributed by atoms with E-state index in [0.717, 1.165) is 49.1 Å². The highest BCUT2D eigenvalue weighted by molar-refractivity contribution is 5.43. The van der Waals surface area contributed by atoms with Crippen LogP contribution in [0.15, 0.2) is 24.5 Å². The molecule has 0 radical (unpaired) electrons. The molecule has 2 N–H and O–H groups in total. The van der Waals surface area contributed by atoms with Gasteiger partial charge in [-0.1, -0.05) is 0 Å². The minimum Gasteiger partial charge on any atom is -0.368 e. The first-order valence-corrected chi connectivity index (χ1v) is 9.94. The molecule has 3 aromatic rings. The van der Waals surface area contributed by atoms with Gasteiger partial charge in [0.25, 0.3) is 0 Å². The molecule has 2 aliphatic rings. The van der Waals surface area contributed by atoms with Crippen LogP contribution in [0.3, 0.4) is 0 Å². The van der Waals surface area contributed by atoms with Gasteiger partial charge in [0.2, 0.25) is 5.95 Å². The molecular formula is C19H25N9. The predicted octanol–water partition coefficient (Wildman–Crippen LogP) is 1.92. The second-order valence-corrected chi connectivity index (χ2v) is 7.77. The van der Waals surface area contributed by atoms with Gasteiger partial charge in [0.05, 0.1) is 0 Å². The monoisotopic (exact) mass is 379 g/mol.